The van der Waals surface area contributed by atoms with Gasteiger partial charge in [-0.1, -0.05) is 48.9 Å². The third-order valence-electron chi connectivity index (χ3n) is 11.7. The van der Waals surface area contributed by atoms with E-state index in [0.29, 0.717) is 74.1 Å². The summed E-state index contributed by atoms with van der Waals surface area (Å²) < 4.78 is 46.6. The average molecular weight is 775 g/mol. The lowest BCUT2D eigenvalue weighted by atomic mass is 9.64. The highest BCUT2D eigenvalue weighted by Gasteiger charge is 2.57. The number of anilines is 1. The van der Waals surface area contributed by atoms with Gasteiger partial charge in [-0.15, -0.1) is 11.3 Å². The molecular weight excluding hydrogens is 726 g/mol. The maximum Gasteiger partial charge on any atom is 0.416 e. The van der Waals surface area contributed by atoms with E-state index in [1.807, 2.05) is 43.5 Å². The van der Waals surface area contributed by atoms with E-state index >= 15 is 0 Å². The Morgan fingerprint density at radius 1 is 1.02 bits per heavy atom. The molecule has 7 nitrogen and oxygen atoms in total. The molecule has 0 spiro atoms. The van der Waals surface area contributed by atoms with Crippen LogP contribution < -0.4 is 10.1 Å². The molecule has 0 saturated heterocycles. The molecule has 11 heteroatoms. The molecule has 0 radical (unpaired) electrons. The van der Waals surface area contributed by atoms with Gasteiger partial charge in [-0.3, -0.25) is 4.79 Å². The van der Waals surface area contributed by atoms with Crippen LogP contribution in [0.2, 0.25) is 0 Å². The van der Waals surface area contributed by atoms with Crippen molar-refractivity contribution in [3.63, 3.8) is 0 Å². The number of nitrogens with zero attached hydrogens (tertiary/aromatic N) is 1. The number of allylic oxidation sites excluding steroid dienone is 2. The van der Waals surface area contributed by atoms with E-state index in [1.165, 1.54) is 12.1 Å². The van der Waals surface area contributed by atoms with Gasteiger partial charge < -0.3 is 25.2 Å². The second-order valence-electron chi connectivity index (χ2n) is 15.3. The van der Waals surface area contributed by atoms with Crippen molar-refractivity contribution in [2.45, 2.75) is 89.0 Å². The third-order valence-corrected chi connectivity index (χ3v) is 12.6. The van der Waals surface area contributed by atoms with Crippen LogP contribution in [0.3, 0.4) is 0 Å². The van der Waals surface area contributed by atoms with Crippen molar-refractivity contribution in [1.82, 2.24) is 4.90 Å². The van der Waals surface area contributed by atoms with E-state index < -0.39 is 34.6 Å². The molecule has 7 rings (SSSR count). The Labute approximate surface area is 324 Å². The fraction of sp³-hybridized carbons (Fsp3) is 0.409. The number of benzene rings is 3. The number of rotatable bonds is 9. The van der Waals surface area contributed by atoms with Gasteiger partial charge in [0.15, 0.2) is 5.78 Å². The van der Waals surface area contributed by atoms with Crippen molar-refractivity contribution in [1.29, 1.82) is 0 Å². The fourth-order valence-electron chi connectivity index (χ4n) is 8.33. The Hall–Kier alpha value is -4.45. The van der Waals surface area contributed by atoms with Gasteiger partial charge in [-0.05, 0) is 129 Å². The zero-order valence-electron chi connectivity index (χ0n) is 31.5. The topological polar surface area (TPSA) is 99.1 Å². The lowest BCUT2D eigenvalue weighted by Crippen LogP contribution is -2.54. The number of halogens is 3. The number of hydrogen-bond donors (Lipinski definition) is 3. The van der Waals surface area contributed by atoms with Crippen molar-refractivity contribution in [3.05, 3.63) is 129 Å². The van der Waals surface area contributed by atoms with Gasteiger partial charge in [0, 0.05) is 33.7 Å². The maximum atomic E-state index is 14.4. The van der Waals surface area contributed by atoms with Gasteiger partial charge in [0.2, 0.25) is 0 Å². The number of amides is 2. The number of alkyl halides is 3. The summed E-state index contributed by atoms with van der Waals surface area (Å²) in [5.74, 6) is -0.267. The number of ether oxygens (including phenoxy) is 1. The van der Waals surface area contributed by atoms with E-state index in [-0.39, 0.29) is 36.0 Å². The molecule has 55 heavy (non-hydrogen) atoms. The van der Waals surface area contributed by atoms with Crippen LogP contribution in [0.15, 0.2) is 95.9 Å². The molecule has 2 bridgehead atoms. The van der Waals surface area contributed by atoms with Crippen LogP contribution in [-0.2, 0) is 19.0 Å². The summed E-state index contributed by atoms with van der Waals surface area (Å²) in [7, 11) is 1.57. The lowest BCUT2D eigenvalue weighted by Gasteiger charge is -2.46. The van der Waals surface area contributed by atoms with Crippen LogP contribution in [0.5, 0.6) is 5.75 Å². The molecule has 4 atom stereocenters. The van der Waals surface area contributed by atoms with Crippen molar-refractivity contribution in [2.24, 2.45) is 5.41 Å². The number of carbonyl (C=O) groups is 2. The second kappa shape index (κ2) is 16.7. The van der Waals surface area contributed by atoms with E-state index in [2.05, 4.69) is 11.4 Å². The first kappa shape index (κ1) is 40.2. The fourth-order valence-corrected chi connectivity index (χ4v) is 9.03. The van der Waals surface area contributed by atoms with Crippen LogP contribution in [0.4, 0.5) is 23.7 Å². The monoisotopic (exact) mass is 774 g/mol. The average Bonchev–Trinajstić information content (AvgIpc) is 3.77. The molecule has 0 unspecified atom stereocenters. The number of aliphatic hydroxyl groups excluding tert-OH is 1. The molecule has 0 aliphatic heterocycles. The Morgan fingerprint density at radius 2 is 1.80 bits per heavy atom. The van der Waals surface area contributed by atoms with E-state index in [9.17, 15) is 33.0 Å². The van der Waals surface area contributed by atoms with Crippen molar-refractivity contribution < 1.29 is 37.7 Å². The van der Waals surface area contributed by atoms with Gasteiger partial charge in [0.05, 0.1) is 30.9 Å². The predicted octanol–water partition coefficient (Wildman–Crippen LogP) is 9.82. The molecule has 1 aromatic heterocycles. The van der Waals surface area contributed by atoms with E-state index in [0.717, 1.165) is 22.6 Å². The molecule has 292 valence electrons. The number of nitrogens with one attached hydrogen (secondary N) is 1. The SMILES string of the molecule is COc1ccc(NC(=O)N(CCc2cccs2)C[C@]2(O)CC[C@H]3c4ccc(cc4C(=O)c4cccc(C(F)(F)F)c4)C[C@@H](O)CCC(C)=CCC[C@@]32C)cc1. The number of urea groups is 1. The molecule has 1 fully saturated rings. The van der Waals surface area contributed by atoms with Gasteiger partial charge in [-0.2, -0.15) is 13.2 Å². The molecule has 3 aliphatic rings. The number of aliphatic hydroxyl groups is 2. The van der Waals surface area contributed by atoms with Crippen molar-refractivity contribution in [3.8, 4) is 5.75 Å². The zero-order chi connectivity index (χ0) is 39.4. The Morgan fingerprint density at radius 3 is 2.51 bits per heavy atom. The predicted molar refractivity (Wildman–Crippen MR) is 210 cm³/mol. The summed E-state index contributed by atoms with van der Waals surface area (Å²) in [5, 5.41) is 28.9. The maximum absolute atomic E-state index is 14.4. The van der Waals surface area contributed by atoms with Crippen LogP contribution in [0.1, 0.15) is 95.8 Å². The summed E-state index contributed by atoms with van der Waals surface area (Å²) in [6.07, 6.45) is 0.847. The highest BCUT2D eigenvalue weighted by molar-refractivity contribution is 7.09. The first-order valence-electron chi connectivity index (χ1n) is 18.8. The number of ketones is 1. The van der Waals surface area contributed by atoms with Crippen molar-refractivity contribution >= 4 is 28.8 Å². The molecule has 3 aliphatic carbocycles. The second-order valence-corrected chi connectivity index (χ2v) is 16.3. The molecule has 3 N–H and O–H groups in total. The molecule has 1 heterocycles. The minimum atomic E-state index is -4.62. The smallest absolute Gasteiger partial charge is 0.416 e. The van der Waals surface area contributed by atoms with E-state index in [1.54, 1.807) is 53.7 Å². The van der Waals surface area contributed by atoms with Crippen LogP contribution >= 0.6 is 11.3 Å². The van der Waals surface area contributed by atoms with Crippen LogP contribution in [-0.4, -0.2) is 58.8 Å². The lowest BCUT2D eigenvalue weighted by molar-refractivity contribution is -0.137. The molecule has 3 aromatic carbocycles. The number of methoxy groups -OCH3 is 1. The van der Waals surface area contributed by atoms with Gasteiger partial charge in [-0.25, -0.2) is 4.79 Å². The molecule has 1 saturated carbocycles. The summed E-state index contributed by atoms with van der Waals surface area (Å²) >= 11 is 1.60. The number of thiophene rings is 1. The largest absolute Gasteiger partial charge is 0.497 e. The minimum absolute atomic E-state index is 0.0250. The summed E-state index contributed by atoms with van der Waals surface area (Å²) in [4.78, 5) is 31.2. The molecule has 2 amide bonds. The normalized spacial score (nSPS) is 23.0. The first-order valence-corrected chi connectivity index (χ1v) is 19.7. The third kappa shape index (κ3) is 9.17. The van der Waals surface area contributed by atoms with Crippen LogP contribution in [0, 0.1) is 5.41 Å². The number of hydrogen-bond acceptors (Lipinski definition) is 6. The summed E-state index contributed by atoms with van der Waals surface area (Å²) in [6.45, 7) is 4.43. The Bertz CT molecular complexity index is 2000. The Balaban J connectivity index is 1.40. The summed E-state index contributed by atoms with van der Waals surface area (Å²) in [5.41, 5.74) is 0.0673. The van der Waals surface area contributed by atoms with Gasteiger partial charge >= 0.3 is 12.2 Å². The van der Waals surface area contributed by atoms with Crippen molar-refractivity contribution in [2.75, 3.05) is 25.5 Å². The summed E-state index contributed by atoms with van der Waals surface area (Å²) in [6, 6.07) is 20.6. The van der Waals surface area contributed by atoms with Gasteiger partial charge in [0.25, 0.3) is 0 Å². The van der Waals surface area contributed by atoms with Gasteiger partial charge in [0.1, 0.15) is 5.75 Å². The molecule has 4 aromatic rings. The Kier molecular flexibility index (Phi) is 12.2. The number of carbonyl (C=O) groups excluding carboxylic acids is 2. The minimum Gasteiger partial charge on any atom is -0.497 e. The van der Waals surface area contributed by atoms with Crippen LogP contribution in [0.25, 0.3) is 0 Å². The zero-order valence-corrected chi connectivity index (χ0v) is 32.3. The quantitative estimate of drug-likeness (QED) is 0.116. The number of fused-ring (bicyclic) bond motifs is 8. The highest BCUT2D eigenvalue weighted by atomic mass is 32.1. The first-order chi connectivity index (χ1) is 26.2. The highest BCUT2D eigenvalue weighted by Crippen LogP contribution is 2.59. The standard InChI is InChI=1S/C44H49F3N2O5S/c1-29-7-5-21-42(2)39(37-18-12-30(25-34(50)15-11-29)26-38(37)40(51)31-8-4-9-32(27-31)44(45,46)47)19-22-43(42,53)28-49(23-20-36-10-6-24-55-36)41(52)48-33-13-16-35(54-3)17-14-33/h4,6-10,12-14,16-18,24,26-27,34,39,50,53H,5,11,15,19-23,25,28H2,1-3H3,(H,48,52)/t34-,39-,42-,43+/m0/s1. The molecular formula is C44H49F3N2O5S. The van der Waals surface area contributed by atoms with E-state index in [4.69, 9.17) is 4.74 Å².